The molecular weight excluding hydrogens is 333 g/mol. The quantitative estimate of drug-likeness (QED) is 0.892. The normalized spacial score (nSPS) is 21.8. The van der Waals surface area contributed by atoms with Crippen molar-refractivity contribution in [1.29, 1.82) is 0 Å². The van der Waals surface area contributed by atoms with E-state index in [1.807, 2.05) is 24.9 Å². The molecule has 0 aliphatic carbocycles. The van der Waals surface area contributed by atoms with Gasteiger partial charge in [-0.2, -0.15) is 23.5 Å². The molecule has 0 spiro atoms. The van der Waals surface area contributed by atoms with Crippen LogP contribution in [0.3, 0.4) is 0 Å². The first-order valence-corrected chi connectivity index (χ1v) is 9.01. The van der Waals surface area contributed by atoms with Gasteiger partial charge in [0.05, 0.1) is 0 Å². The maximum absolute atomic E-state index is 13.1. The minimum atomic E-state index is -0.186. The van der Waals surface area contributed by atoms with E-state index in [0.717, 1.165) is 10.9 Å². The third-order valence-electron chi connectivity index (χ3n) is 3.12. The van der Waals surface area contributed by atoms with E-state index < -0.39 is 0 Å². The lowest BCUT2D eigenvalue weighted by Crippen LogP contribution is -2.40. The van der Waals surface area contributed by atoms with E-state index in [1.54, 1.807) is 6.07 Å². The highest BCUT2D eigenvalue weighted by Crippen LogP contribution is 2.29. The second kappa shape index (κ2) is 7.17. The van der Waals surface area contributed by atoms with Gasteiger partial charge < -0.3 is 5.32 Å². The van der Waals surface area contributed by atoms with Crippen molar-refractivity contribution < 1.29 is 4.39 Å². The summed E-state index contributed by atoms with van der Waals surface area (Å²) in [7, 11) is 2.02. The summed E-state index contributed by atoms with van der Waals surface area (Å²) in [6, 6.07) is 5.41. The molecule has 2 rings (SSSR count). The second-order valence-corrected chi connectivity index (χ2v) is 7.67. The van der Waals surface area contributed by atoms with Crippen LogP contribution in [0.25, 0.3) is 0 Å². The molecule has 1 aliphatic rings. The van der Waals surface area contributed by atoms with Gasteiger partial charge in [-0.05, 0) is 31.2 Å². The molecule has 1 N–H and O–H groups in total. The van der Waals surface area contributed by atoms with Gasteiger partial charge in [0.25, 0.3) is 0 Å². The van der Waals surface area contributed by atoms with Gasteiger partial charge >= 0.3 is 0 Å². The van der Waals surface area contributed by atoms with E-state index in [4.69, 9.17) is 0 Å². The molecular formula is C13H17BrFNS2. The molecule has 2 unspecified atom stereocenters. The van der Waals surface area contributed by atoms with Crippen molar-refractivity contribution in [3.05, 3.63) is 34.1 Å². The van der Waals surface area contributed by atoms with E-state index in [2.05, 4.69) is 33.0 Å². The summed E-state index contributed by atoms with van der Waals surface area (Å²) in [4.78, 5) is 0. The van der Waals surface area contributed by atoms with Crippen LogP contribution in [0.15, 0.2) is 22.7 Å². The molecule has 1 heterocycles. The van der Waals surface area contributed by atoms with Crippen molar-refractivity contribution in [3.8, 4) is 0 Å². The summed E-state index contributed by atoms with van der Waals surface area (Å²) < 4.78 is 13.9. The van der Waals surface area contributed by atoms with E-state index in [-0.39, 0.29) is 5.82 Å². The van der Waals surface area contributed by atoms with Crippen LogP contribution in [0.2, 0.25) is 0 Å². The molecule has 0 radical (unpaired) electrons. The average molecular weight is 350 g/mol. The summed E-state index contributed by atoms with van der Waals surface area (Å²) in [5.41, 5.74) is 1.17. The standard InChI is InChI=1S/C13H17BrFNS2/c1-16-12(13-8-17-4-5-18-13)6-9-2-3-10(15)7-11(9)14/h2-3,7,12-13,16H,4-6,8H2,1H3. The summed E-state index contributed by atoms with van der Waals surface area (Å²) in [6.07, 6.45) is 0.940. The van der Waals surface area contributed by atoms with Crippen LogP contribution >= 0.6 is 39.5 Å². The summed E-state index contributed by atoms with van der Waals surface area (Å²) in [5, 5.41) is 4.06. The largest absolute Gasteiger partial charge is 0.316 e. The fourth-order valence-electron chi connectivity index (χ4n) is 2.08. The fraction of sp³-hybridized carbons (Fsp3) is 0.538. The molecule has 5 heteroatoms. The van der Waals surface area contributed by atoms with Gasteiger partial charge in [0.1, 0.15) is 5.82 Å². The molecule has 1 aromatic rings. The fourth-order valence-corrected chi connectivity index (χ4v) is 5.52. The lowest BCUT2D eigenvalue weighted by molar-refractivity contribution is 0.555. The summed E-state index contributed by atoms with van der Waals surface area (Å²) in [5.74, 6) is 3.51. The van der Waals surface area contributed by atoms with Gasteiger partial charge in [-0.15, -0.1) is 0 Å². The van der Waals surface area contributed by atoms with Crippen molar-refractivity contribution >= 4 is 39.5 Å². The Balaban J connectivity index is 2.04. The van der Waals surface area contributed by atoms with Crippen LogP contribution < -0.4 is 5.32 Å². The molecule has 0 bridgehead atoms. The van der Waals surface area contributed by atoms with Crippen molar-refractivity contribution in [2.24, 2.45) is 0 Å². The second-order valence-electron chi connectivity index (χ2n) is 4.32. The first-order chi connectivity index (χ1) is 8.70. The highest BCUT2D eigenvalue weighted by atomic mass is 79.9. The van der Waals surface area contributed by atoms with Gasteiger partial charge in [-0.3, -0.25) is 0 Å². The molecule has 0 saturated carbocycles. The van der Waals surface area contributed by atoms with Crippen molar-refractivity contribution in [2.75, 3.05) is 24.3 Å². The molecule has 1 saturated heterocycles. The third kappa shape index (κ3) is 3.89. The summed E-state index contributed by atoms with van der Waals surface area (Å²) in [6.45, 7) is 0. The van der Waals surface area contributed by atoms with Crippen LogP contribution in [-0.4, -0.2) is 35.6 Å². The molecule has 1 nitrogen and oxygen atoms in total. The average Bonchev–Trinajstić information content (AvgIpc) is 2.39. The Hall–Kier alpha value is 0.290. The maximum atomic E-state index is 13.1. The lowest BCUT2D eigenvalue weighted by Gasteiger charge is -2.29. The van der Waals surface area contributed by atoms with Gasteiger partial charge in [0, 0.05) is 33.0 Å². The molecule has 0 amide bonds. The van der Waals surface area contributed by atoms with E-state index in [9.17, 15) is 4.39 Å². The Kier molecular flexibility index (Phi) is 5.86. The minimum absolute atomic E-state index is 0.186. The number of hydrogen-bond donors (Lipinski definition) is 1. The maximum Gasteiger partial charge on any atom is 0.124 e. The SMILES string of the molecule is CNC(Cc1ccc(F)cc1Br)C1CSCCS1. The van der Waals surface area contributed by atoms with Crippen molar-refractivity contribution in [1.82, 2.24) is 5.32 Å². The number of halogens is 2. The third-order valence-corrected chi connectivity index (χ3v) is 6.77. The molecule has 0 aromatic heterocycles. The molecule has 1 aliphatic heterocycles. The molecule has 100 valence electrons. The van der Waals surface area contributed by atoms with E-state index >= 15 is 0 Å². The molecule has 1 fully saturated rings. The zero-order valence-electron chi connectivity index (χ0n) is 10.3. The summed E-state index contributed by atoms with van der Waals surface area (Å²) >= 11 is 7.53. The number of nitrogens with one attached hydrogen (secondary N) is 1. The highest BCUT2D eigenvalue weighted by Gasteiger charge is 2.24. The molecule has 1 aromatic carbocycles. The van der Waals surface area contributed by atoms with Crippen molar-refractivity contribution in [2.45, 2.75) is 17.7 Å². The first-order valence-electron chi connectivity index (χ1n) is 6.01. The number of likely N-dealkylation sites (N-methyl/N-ethyl adjacent to an activating group) is 1. The Morgan fingerprint density at radius 1 is 1.50 bits per heavy atom. The first kappa shape index (κ1) is 14.7. The topological polar surface area (TPSA) is 12.0 Å². The number of benzene rings is 1. The monoisotopic (exact) mass is 349 g/mol. The number of rotatable bonds is 4. The minimum Gasteiger partial charge on any atom is -0.316 e. The number of hydrogen-bond acceptors (Lipinski definition) is 3. The van der Waals surface area contributed by atoms with Crippen LogP contribution in [0.5, 0.6) is 0 Å². The van der Waals surface area contributed by atoms with Crippen LogP contribution in [0, 0.1) is 5.82 Å². The van der Waals surface area contributed by atoms with Gasteiger partial charge in [-0.25, -0.2) is 4.39 Å². The number of thioether (sulfide) groups is 2. The van der Waals surface area contributed by atoms with Crippen molar-refractivity contribution in [3.63, 3.8) is 0 Å². The zero-order valence-corrected chi connectivity index (χ0v) is 13.5. The van der Waals surface area contributed by atoms with Crippen LogP contribution in [0.4, 0.5) is 4.39 Å². The molecule has 18 heavy (non-hydrogen) atoms. The Morgan fingerprint density at radius 2 is 2.33 bits per heavy atom. The lowest BCUT2D eigenvalue weighted by atomic mass is 10.0. The van der Waals surface area contributed by atoms with E-state index in [1.165, 1.54) is 28.9 Å². The Morgan fingerprint density at radius 3 is 2.94 bits per heavy atom. The van der Waals surface area contributed by atoms with Gasteiger partial charge in [-0.1, -0.05) is 22.0 Å². The highest BCUT2D eigenvalue weighted by molar-refractivity contribution is 9.10. The Bertz CT molecular complexity index is 397. The van der Waals surface area contributed by atoms with Crippen LogP contribution in [0.1, 0.15) is 5.56 Å². The Labute approximate surface area is 125 Å². The van der Waals surface area contributed by atoms with Crippen LogP contribution in [-0.2, 0) is 6.42 Å². The predicted octanol–water partition coefficient (Wildman–Crippen LogP) is 3.57. The smallest absolute Gasteiger partial charge is 0.124 e. The van der Waals surface area contributed by atoms with E-state index in [0.29, 0.717) is 11.3 Å². The zero-order chi connectivity index (χ0) is 13.0. The molecule has 2 atom stereocenters. The van der Waals surface area contributed by atoms with Gasteiger partial charge in [0.2, 0.25) is 0 Å². The van der Waals surface area contributed by atoms with Gasteiger partial charge in [0.15, 0.2) is 0 Å². The predicted molar refractivity (Wildman–Crippen MR) is 84.2 cm³/mol.